The zero-order chi connectivity index (χ0) is 23.0. The summed E-state index contributed by atoms with van der Waals surface area (Å²) in [5.74, 6) is -3.86. The summed E-state index contributed by atoms with van der Waals surface area (Å²) < 4.78 is 46.6. The Kier molecular flexibility index (Phi) is 6.09. The number of carboxylic acid groups (broad SMARTS) is 1. The number of carbonyl (C=O) groups is 1. The Balaban J connectivity index is 1.68. The Bertz CT molecular complexity index is 1180. The second kappa shape index (κ2) is 8.67. The third-order valence-electron chi connectivity index (χ3n) is 4.99. The second-order valence-corrected chi connectivity index (χ2v) is 9.56. The number of rotatable bonds is 7. The van der Waals surface area contributed by atoms with Crippen LogP contribution in [0, 0.1) is 12.7 Å². The monoisotopic (exact) mass is 480 g/mol. The van der Waals surface area contributed by atoms with E-state index in [-0.39, 0.29) is 17.3 Å². The number of carboxylic acids is 1. The number of benzene rings is 1. The molecule has 0 atom stereocenters. The van der Waals surface area contributed by atoms with Crippen LogP contribution in [0.1, 0.15) is 20.1 Å². The van der Waals surface area contributed by atoms with Crippen LogP contribution in [0.25, 0.3) is 11.3 Å². The van der Waals surface area contributed by atoms with Gasteiger partial charge in [-0.15, -0.1) is 23.1 Å². The molecule has 1 fully saturated rings. The highest BCUT2D eigenvalue weighted by Crippen LogP contribution is 2.39. The van der Waals surface area contributed by atoms with E-state index < -0.39 is 25.0 Å². The fourth-order valence-corrected chi connectivity index (χ4v) is 4.78. The molecule has 0 amide bonds. The fraction of sp³-hybridized carbons (Fsp3) is 0.273. The van der Waals surface area contributed by atoms with Crippen LogP contribution in [0.4, 0.5) is 18.9 Å². The highest BCUT2D eigenvalue weighted by Gasteiger charge is 2.44. The van der Waals surface area contributed by atoms with Gasteiger partial charge in [0.1, 0.15) is 28.7 Å². The molecule has 3 heterocycles. The van der Waals surface area contributed by atoms with Crippen molar-refractivity contribution in [2.24, 2.45) is 0 Å². The van der Waals surface area contributed by atoms with E-state index >= 15 is 0 Å². The number of thioether (sulfide) groups is 1. The first kappa shape index (κ1) is 22.5. The summed E-state index contributed by atoms with van der Waals surface area (Å²) in [7, 11) is 0. The van der Waals surface area contributed by atoms with Crippen LogP contribution >= 0.6 is 23.1 Å². The van der Waals surface area contributed by atoms with E-state index in [1.54, 1.807) is 19.1 Å². The van der Waals surface area contributed by atoms with Crippen LogP contribution in [0.15, 0.2) is 41.4 Å². The van der Waals surface area contributed by atoms with E-state index in [4.69, 9.17) is 4.74 Å². The molecule has 168 valence electrons. The number of anilines is 1. The number of aromatic carboxylic acids is 1. The molecule has 1 aliphatic heterocycles. The predicted molar refractivity (Wildman–Crippen MR) is 119 cm³/mol. The lowest BCUT2D eigenvalue weighted by Crippen LogP contribution is -2.56. The number of aromatic nitrogens is 1. The van der Waals surface area contributed by atoms with Crippen molar-refractivity contribution in [3.8, 4) is 17.0 Å². The SMILES string of the molecule is CSc1cc(F)cc(COc2cc(N3CC(F)(F)C3)cnc2-c2cc(C(=O)O)sc2C)c1. The minimum atomic E-state index is -2.74. The van der Waals surface area contributed by atoms with Gasteiger partial charge in [0.2, 0.25) is 0 Å². The van der Waals surface area contributed by atoms with E-state index in [1.165, 1.54) is 41.1 Å². The molecule has 1 saturated heterocycles. The summed E-state index contributed by atoms with van der Waals surface area (Å²) in [6, 6.07) is 7.73. The van der Waals surface area contributed by atoms with E-state index in [1.807, 2.05) is 6.26 Å². The number of hydrogen-bond acceptors (Lipinski definition) is 6. The third-order valence-corrected chi connectivity index (χ3v) is 6.74. The summed E-state index contributed by atoms with van der Waals surface area (Å²) in [6.45, 7) is 0.998. The van der Waals surface area contributed by atoms with Gasteiger partial charge in [0.15, 0.2) is 0 Å². The van der Waals surface area contributed by atoms with Crippen LogP contribution in [0.2, 0.25) is 0 Å². The average Bonchev–Trinajstić information content (AvgIpc) is 3.11. The lowest BCUT2D eigenvalue weighted by Gasteiger charge is -2.40. The van der Waals surface area contributed by atoms with Crippen molar-refractivity contribution >= 4 is 34.8 Å². The molecule has 4 rings (SSSR count). The summed E-state index contributed by atoms with van der Waals surface area (Å²) in [6.07, 6.45) is 3.32. The first-order valence-corrected chi connectivity index (χ1v) is 11.6. The first-order chi connectivity index (χ1) is 15.1. The molecule has 0 radical (unpaired) electrons. The van der Waals surface area contributed by atoms with Gasteiger partial charge in [-0.05, 0) is 43.0 Å². The molecule has 0 spiro atoms. The van der Waals surface area contributed by atoms with Crippen LogP contribution in [-0.4, -0.2) is 41.3 Å². The van der Waals surface area contributed by atoms with Crippen LogP contribution in [0.5, 0.6) is 5.75 Å². The Morgan fingerprint density at radius 3 is 2.66 bits per heavy atom. The van der Waals surface area contributed by atoms with Crippen LogP contribution < -0.4 is 9.64 Å². The number of thiophene rings is 1. The maximum atomic E-state index is 13.9. The maximum Gasteiger partial charge on any atom is 0.345 e. The van der Waals surface area contributed by atoms with Gasteiger partial charge in [0.25, 0.3) is 5.92 Å². The van der Waals surface area contributed by atoms with Crippen molar-refractivity contribution in [1.82, 2.24) is 4.98 Å². The van der Waals surface area contributed by atoms with Gasteiger partial charge in [-0.3, -0.25) is 4.98 Å². The number of pyridine rings is 1. The van der Waals surface area contributed by atoms with Crippen molar-refractivity contribution < 1.29 is 27.8 Å². The molecule has 1 aliphatic rings. The van der Waals surface area contributed by atoms with Crippen molar-refractivity contribution in [3.05, 3.63) is 57.7 Å². The lowest BCUT2D eigenvalue weighted by atomic mass is 10.1. The lowest BCUT2D eigenvalue weighted by molar-refractivity contribution is -0.0263. The van der Waals surface area contributed by atoms with Gasteiger partial charge in [0, 0.05) is 21.4 Å². The molecule has 1 N–H and O–H groups in total. The molecule has 32 heavy (non-hydrogen) atoms. The number of nitrogens with zero attached hydrogens (tertiary/aromatic N) is 2. The van der Waals surface area contributed by atoms with Gasteiger partial charge < -0.3 is 14.7 Å². The van der Waals surface area contributed by atoms with E-state index in [0.29, 0.717) is 28.3 Å². The smallest absolute Gasteiger partial charge is 0.345 e. The Morgan fingerprint density at radius 1 is 1.28 bits per heavy atom. The summed E-state index contributed by atoms with van der Waals surface area (Å²) in [5, 5.41) is 9.32. The van der Waals surface area contributed by atoms with E-state index in [2.05, 4.69) is 4.98 Å². The van der Waals surface area contributed by atoms with E-state index in [9.17, 15) is 23.1 Å². The van der Waals surface area contributed by atoms with E-state index in [0.717, 1.165) is 21.1 Å². The van der Waals surface area contributed by atoms with Crippen molar-refractivity contribution in [1.29, 1.82) is 0 Å². The van der Waals surface area contributed by atoms with Gasteiger partial charge in [-0.25, -0.2) is 18.0 Å². The summed E-state index contributed by atoms with van der Waals surface area (Å²) in [4.78, 5) is 18.9. The second-order valence-electron chi connectivity index (χ2n) is 7.43. The maximum absolute atomic E-state index is 13.9. The molecular formula is C22H19F3N2O3S2. The molecule has 0 bridgehead atoms. The van der Waals surface area contributed by atoms with Gasteiger partial charge >= 0.3 is 5.97 Å². The molecule has 3 aromatic rings. The van der Waals surface area contributed by atoms with Crippen molar-refractivity contribution in [3.63, 3.8) is 0 Å². The quantitative estimate of drug-likeness (QED) is 0.437. The fourth-order valence-electron chi connectivity index (χ4n) is 3.42. The topological polar surface area (TPSA) is 62.7 Å². The zero-order valence-electron chi connectivity index (χ0n) is 17.2. The minimum absolute atomic E-state index is 0.0363. The standard InChI is InChI=1S/C22H19F3N2O3S2/c1-12-17(7-19(32-12)21(28)29)20-18(6-15(8-26-20)27-10-22(24,25)11-27)30-9-13-3-14(23)5-16(4-13)31-2/h3-8H,9-11H2,1-2H3,(H,28,29). The average molecular weight is 481 g/mol. The van der Waals surface area contributed by atoms with Crippen molar-refractivity contribution in [2.75, 3.05) is 24.2 Å². The minimum Gasteiger partial charge on any atom is -0.487 e. The Hall–Kier alpha value is -2.72. The normalized spacial score (nSPS) is 14.8. The largest absolute Gasteiger partial charge is 0.487 e. The molecule has 0 saturated carbocycles. The number of alkyl halides is 2. The summed E-state index contributed by atoms with van der Waals surface area (Å²) >= 11 is 2.52. The highest BCUT2D eigenvalue weighted by atomic mass is 32.2. The number of halogens is 3. The molecule has 5 nitrogen and oxygen atoms in total. The summed E-state index contributed by atoms with van der Waals surface area (Å²) in [5.41, 5.74) is 2.08. The molecule has 1 aromatic carbocycles. The molecule has 2 aromatic heterocycles. The van der Waals surface area contributed by atoms with Gasteiger partial charge in [0.05, 0.1) is 25.0 Å². The first-order valence-electron chi connectivity index (χ1n) is 9.58. The number of ether oxygens (including phenoxy) is 1. The molecule has 10 heteroatoms. The van der Waals surface area contributed by atoms with Gasteiger partial charge in [-0.2, -0.15) is 0 Å². The number of hydrogen-bond donors (Lipinski definition) is 1. The van der Waals surface area contributed by atoms with Crippen LogP contribution in [0.3, 0.4) is 0 Å². The molecular weight excluding hydrogens is 461 g/mol. The Labute approximate surface area is 190 Å². The van der Waals surface area contributed by atoms with Crippen LogP contribution in [-0.2, 0) is 6.61 Å². The third kappa shape index (κ3) is 4.71. The number of aryl methyl sites for hydroxylation is 1. The molecule has 0 unspecified atom stereocenters. The van der Waals surface area contributed by atoms with Crippen molar-refractivity contribution in [2.45, 2.75) is 24.3 Å². The molecule has 0 aliphatic carbocycles. The van der Waals surface area contributed by atoms with Gasteiger partial charge in [-0.1, -0.05) is 0 Å². The Morgan fingerprint density at radius 2 is 2.03 bits per heavy atom. The zero-order valence-corrected chi connectivity index (χ0v) is 18.8. The highest BCUT2D eigenvalue weighted by molar-refractivity contribution is 7.98. The predicted octanol–water partition coefficient (Wildman–Crippen LogP) is 5.71.